The van der Waals surface area contributed by atoms with Crippen molar-refractivity contribution < 1.29 is 17.7 Å². The highest BCUT2D eigenvalue weighted by Gasteiger charge is 2.15. The normalized spacial score (nSPS) is 11.3. The van der Waals surface area contributed by atoms with E-state index >= 15 is 0 Å². The van der Waals surface area contributed by atoms with Crippen LogP contribution in [-0.2, 0) is 21.2 Å². The van der Waals surface area contributed by atoms with Gasteiger partial charge in [-0.3, -0.25) is 9.52 Å². The molecule has 3 aromatic carbocycles. The van der Waals surface area contributed by atoms with Gasteiger partial charge in [-0.05, 0) is 42.5 Å². The third-order valence-corrected chi connectivity index (χ3v) is 5.63. The Bertz CT molecular complexity index is 1270. The summed E-state index contributed by atoms with van der Waals surface area (Å²) in [5.74, 6) is -0.285. The lowest BCUT2D eigenvalue weighted by Gasteiger charge is -2.10. The number of hydrogen-bond donors (Lipinski definition) is 2. The fourth-order valence-corrected chi connectivity index (χ4v) is 3.97. The number of carbonyl (C=O) groups excluding carboxylic acids is 1. The lowest BCUT2D eigenvalue weighted by molar-refractivity contribution is -0.115. The van der Waals surface area contributed by atoms with Gasteiger partial charge in [0.05, 0.1) is 17.0 Å². The molecular weight excluding hydrogens is 390 g/mol. The predicted octanol–water partition coefficient (Wildman–Crippen LogP) is 3.81. The maximum Gasteiger partial charge on any atom is 0.261 e. The number of para-hydroxylation sites is 1. The fourth-order valence-electron chi connectivity index (χ4n) is 2.90. The Labute approximate surface area is 167 Å². The number of rotatable bonds is 6. The van der Waals surface area contributed by atoms with Crippen LogP contribution in [0.2, 0.25) is 0 Å². The maximum absolute atomic E-state index is 12.5. The number of benzene rings is 3. The van der Waals surface area contributed by atoms with Crippen molar-refractivity contribution in [3.63, 3.8) is 0 Å². The zero-order valence-electron chi connectivity index (χ0n) is 15.2. The molecule has 0 aliphatic heterocycles. The van der Waals surface area contributed by atoms with Gasteiger partial charge in [0.25, 0.3) is 10.0 Å². The predicted molar refractivity (Wildman–Crippen MR) is 110 cm³/mol. The Morgan fingerprint density at radius 2 is 1.62 bits per heavy atom. The summed E-state index contributed by atoms with van der Waals surface area (Å²) in [7, 11) is -3.71. The molecular formula is C21H17N3O4S. The average Bonchev–Trinajstić information content (AvgIpc) is 3.11. The molecule has 4 aromatic rings. The summed E-state index contributed by atoms with van der Waals surface area (Å²) in [5.41, 5.74) is 1.97. The van der Waals surface area contributed by atoms with Gasteiger partial charge in [-0.25, -0.2) is 8.42 Å². The second kappa shape index (κ2) is 7.76. The molecule has 0 fully saturated rings. The number of aromatic nitrogens is 1. The van der Waals surface area contributed by atoms with Crippen LogP contribution in [0.15, 0.2) is 88.3 Å². The van der Waals surface area contributed by atoms with E-state index in [1.807, 2.05) is 18.2 Å². The van der Waals surface area contributed by atoms with E-state index in [0.29, 0.717) is 22.7 Å². The van der Waals surface area contributed by atoms with Crippen LogP contribution in [0.3, 0.4) is 0 Å². The minimum Gasteiger partial charge on any atom is -0.356 e. The lowest BCUT2D eigenvalue weighted by atomic mass is 10.1. The molecule has 1 amide bonds. The van der Waals surface area contributed by atoms with Crippen LogP contribution < -0.4 is 10.0 Å². The number of fused-ring (bicyclic) bond motifs is 1. The van der Waals surface area contributed by atoms with Crippen molar-refractivity contribution in [1.29, 1.82) is 0 Å². The van der Waals surface area contributed by atoms with Gasteiger partial charge in [0.1, 0.15) is 5.69 Å². The maximum atomic E-state index is 12.5. The molecule has 0 spiro atoms. The van der Waals surface area contributed by atoms with E-state index < -0.39 is 10.0 Å². The van der Waals surface area contributed by atoms with Crippen molar-refractivity contribution in [3.8, 4) is 0 Å². The van der Waals surface area contributed by atoms with Crippen LogP contribution in [0.5, 0.6) is 0 Å². The van der Waals surface area contributed by atoms with Crippen molar-refractivity contribution in [2.45, 2.75) is 11.3 Å². The Morgan fingerprint density at radius 3 is 2.45 bits per heavy atom. The molecule has 1 aromatic heterocycles. The van der Waals surface area contributed by atoms with Crippen LogP contribution in [0.1, 0.15) is 5.69 Å². The zero-order valence-corrected chi connectivity index (χ0v) is 16.0. The molecule has 8 heteroatoms. The highest BCUT2D eigenvalue weighted by Crippen LogP contribution is 2.21. The molecule has 0 saturated heterocycles. The monoisotopic (exact) mass is 407 g/mol. The molecule has 29 heavy (non-hydrogen) atoms. The summed E-state index contributed by atoms with van der Waals surface area (Å²) in [5, 5.41) is 7.49. The molecule has 1 heterocycles. The van der Waals surface area contributed by atoms with Gasteiger partial charge in [0, 0.05) is 11.1 Å². The Morgan fingerprint density at radius 1 is 0.897 bits per heavy atom. The first-order chi connectivity index (χ1) is 14.0. The van der Waals surface area contributed by atoms with Crippen LogP contribution in [0.25, 0.3) is 11.0 Å². The fraction of sp³-hybridized carbons (Fsp3) is 0.0476. The smallest absolute Gasteiger partial charge is 0.261 e. The molecule has 0 unspecified atom stereocenters. The second-order valence-electron chi connectivity index (χ2n) is 6.35. The Hall–Kier alpha value is -3.65. The largest absolute Gasteiger partial charge is 0.356 e. The number of sulfonamides is 1. The van der Waals surface area contributed by atoms with E-state index in [1.165, 1.54) is 12.1 Å². The van der Waals surface area contributed by atoms with Crippen molar-refractivity contribution in [2.24, 2.45) is 0 Å². The number of anilines is 2. The summed E-state index contributed by atoms with van der Waals surface area (Å²) < 4.78 is 32.6. The van der Waals surface area contributed by atoms with Crippen LogP contribution in [0, 0.1) is 0 Å². The first-order valence-corrected chi connectivity index (χ1v) is 10.3. The van der Waals surface area contributed by atoms with E-state index in [0.717, 1.165) is 5.39 Å². The highest BCUT2D eigenvalue weighted by molar-refractivity contribution is 7.92. The van der Waals surface area contributed by atoms with Gasteiger partial charge in [-0.1, -0.05) is 41.6 Å². The molecule has 0 atom stereocenters. The summed E-state index contributed by atoms with van der Waals surface area (Å²) in [6.45, 7) is 0. The van der Waals surface area contributed by atoms with Gasteiger partial charge < -0.3 is 9.84 Å². The van der Waals surface area contributed by atoms with Crippen molar-refractivity contribution in [1.82, 2.24) is 5.16 Å². The summed E-state index contributed by atoms with van der Waals surface area (Å²) in [6, 6.07) is 21.9. The van der Waals surface area contributed by atoms with Gasteiger partial charge >= 0.3 is 0 Å². The molecule has 2 N–H and O–H groups in total. The molecule has 0 radical (unpaired) electrons. The van der Waals surface area contributed by atoms with Crippen LogP contribution >= 0.6 is 0 Å². The first kappa shape index (κ1) is 18.7. The topological polar surface area (TPSA) is 101 Å². The minimum atomic E-state index is -3.71. The average molecular weight is 407 g/mol. The van der Waals surface area contributed by atoms with Crippen molar-refractivity contribution >= 4 is 38.3 Å². The zero-order chi connectivity index (χ0) is 20.3. The molecule has 0 aliphatic carbocycles. The van der Waals surface area contributed by atoms with Gasteiger partial charge in [0.2, 0.25) is 5.91 Å². The summed E-state index contributed by atoms with van der Waals surface area (Å²) >= 11 is 0. The number of carbonyl (C=O) groups is 1. The quantitative estimate of drug-likeness (QED) is 0.506. The molecule has 0 aliphatic rings. The van der Waals surface area contributed by atoms with Gasteiger partial charge in [-0.15, -0.1) is 0 Å². The summed E-state index contributed by atoms with van der Waals surface area (Å²) in [6.07, 6.45) is 0.0387. The molecule has 4 rings (SSSR count). The number of nitrogens with zero attached hydrogens (tertiary/aromatic N) is 1. The molecule has 146 valence electrons. The Balaban J connectivity index is 1.47. The summed E-state index contributed by atoms with van der Waals surface area (Å²) in [4.78, 5) is 12.6. The third-order valence-electron chi connectivity index (χ3n) is 4.23. The van der Waals surface area contributed by atoms with E-state index in [9.17, 15) is 13.2 Å². The molecule has 0 saturated carbocycles. The Kier molecular flexibility index (Phi) is 5.01. The van der Waals surface area contributed by atoms with E-state index in [4.69, 9.17) is 4.52 Å². The second-order valence-corrected chi connectivity index (χ2v) is 8.03. The van der Waals surface area contributed by atoms with Crippen LogP contribution in [-0.4, -0.2) is 19.5 Å². The lowest BCUT2D eigenvalue weighted by Crippen LogP contribution is -2.16. The first-order valence-electron chi connectivity index (χ1n) is 8.82. The highest BCUT2D eigenvalue weighted by atomic mass is 32.2. The number of nitrogens with one attached hydrogen (secondary N) is 2. The van der Waals surface area contributed by atoms with Gasteiger partial charge in [0.15, 0.2) is 5.58 Å². The van der Waals surface area contributed by atoms with Crippen molar-refractivity contribution in [2.75, 3.05) is 10.0 Å². The minimum absolute atomic E-state index is 0.0387. The van der Waals surface area contributed by atoms with E-state index in [2.05, 4.69) is 15.2 Å². The third kappa shape index (κ3) is 4.27. The van der Waals surface area contributed by atoms with Crippen LogP contribution in [0.4, 0.5) is 11.4 Å². The van der Waals surface area contributed by atoms with Crippen molar-refractivity contribution in [3.05, 3.63) is 84.6 Å². The van der Waals surface area contributed by atoms with E-state index in [-0.39, 0.29) is 17.2 Å². The number of amides is 1. The SMILES string of the molecule is O=C(Cc1noc2ccccc12)Nc1cccc(NS(=O)(=O)c2ccccc2)c1. The number of hydrogen-bond acceptors (Lipinski definition) is 5. The molecule has 0 bridgehead atoms. The molecule has 7 nitrogen and oxygen atoms in total. The van der Waals surface area contributed by atoms with Gasteiger partial charge in [-0.2, -0.15) is 0 Å². The standard InChI is InChI=1S/C21H17N3O4S/c25-21(14-19-18-11-4-5-12-20(18)28-23-19)22-15-7-6-8-16(13-15)24-29(26,27)17-9-2-1-3-10-17/h1-13,24H,14H2,(H,22,25). The van der Waals surface area contributed by atoms with E-state index in [1.54, 1.807) is 48.5 Å².